The Hall–Kier alpha value is -3.72. The van der Waals surface area contributed by atoms with Crippen molar-refractivity contribution in [2.75, 3.05) is 5.32 Å². The Morgan fingerprint density at radius 2 is 1.88 bits per heavy atom. The highest BCUT2D eigenvalue weighted by Crippen LogP contribution is 2.25. The quantitative estimate of drug-likeness (QED) is 0.367. The lowest BCUT2D eigenvalue weighted by Crippen LogP contribution is -2.16. The molecule has 10 heteroatoms. The molecule has 34 heavy (non-hydrogen) atoms. The minimum absolute atomic E-state index is 0.00395. The third-order valence-corrected chi connectivity index (χ3v) is 5.58. The first-order chi connectivity index (χ1) is 16.2. The normalized spacial score (nSPS) is 11.0. The lowest BCUT2D eigenvalue weighted by Gasteiger charge is -2.09. The van der Waals surface area contributed by atoms with Gasteiger partial charge in [0.25, 0.3) is 5.91 Å². The van der Waals surface area contributed by atoms with Gasteiger partial charge in [0.2, 0.25) is 0 Å². The van der Waals surface area contributed by atoms with Crippen molar-refractivity contribution < 1.29 is 22.8 Å². The molecule has 0 atom stereocenters. The van der Waals surface area contributed by atoms with Crippen molar-refractivity contribution in [1.29, 1.82) is 0 Å². The molecule has 1 amide bonds. The van der Waals surface area contributed by atoms with Crippen LogP contribution >= 0.6 is 11.6 Å². The Bertz CT molecular complexity index is 1350. The van der Waals surface area contributed by atoms with Gasteiger partial charge in [0, 0.05) is 11.1 Å². The molecule has 4 rings (SSSR count). The number of nitrogens with one attached hydrogen (secondary N) is 1. The van der Waals surface area contributed by atoms with Crippen molar-refractivity contribution >= 4 is 23.2 Å². The summed E-state index contributed by atoms with van der Waals surface area (Å²) < 4.78 is 39.4. The van der Waals surface area contributed by atoms with Gasteiger partial charge in [0.05, 0.1) is 29.2 Å². The molecule has 0 fully saturated rings. The summed E-state index contributed by atoms with van der Waals surface area (Å²) in [5.74, 6) is -1.89. The molecule has 176 valence electrons. The van der Waals surface area contributed by atoms with Crippen molar-refractivity contribution in [3.05, 3.63) is 93.1 Å². The van der Waals surface area contributed by atoms with E-state index in [4.69, 9.17) is 20.9 Å². The average molecular weight is 487 g/mol. The summed E-state index contributed by atoms with van der Waals surface area (Å²) in [6, 6.07) is 10.4. The number of halogens is 3. The Labute approximate surface area is 199 Å². The predicted octanol–water partition coefficient (Wildman–Crippen LogP) is 5.61. The molecule has 2 heterocycles. The molecule has 4 aromatic rings. The van der Waals surface area contributed by atoms with E-state index in [1.54, 1.807) is 30.7 Å². The molecule has 1 N–H and O–H groups in total. The number of anilines is 1. The van der Waals surface area contributed by atoms with Crippen LogP contribution in [0.1, 0.15) is 38.8 Å². The molecule has 0 saturated heterocycles. The summed E-state index contributed by atoms with van der Waals surface area (Å²) in [5, 5.41) is 11.8. The zero-order valence-corrected chi connectivity index (χ0v) is 19.4. The van der Waals surface area contributed by atoms with Gasteiger partial charge in [0.1, 0.15) is 18.2 Å². The largest absolute Gasteiger partial charge is 0.486 e. The topological polar surface area (TPSA) is 82.2 Å². The number of carbonyl (C=O) groups is 1. The van der Waals surface area contributed by atoms with E-state index in [2.05, 4.69) is 15.6 Å². The van der Waals surface area contributed by atoms with Crippen LogP contribution in [0.3, 0.4) is 0 Å². The lowest BCUT2D eigenvalue weighted by atomic mass is 10.2. The van der Waals surface area contributed by atoms with E-state index >= 15 is 0 Å². The third-order valence-electron chi connectivity index (χ3n) is 5.33. The summed E-state index contributed by atoms with van der Waals surface area (Å²) in [4.78, 5) is 13.0. The van der Waals surface area contributed by atoms with Crippen LogP contribution < -0.4 is 10.1 Å². The monoisotopic (exact) mass is 486 g/mol. The van der Waals surface area contributed by atoms with E-state index in [1.807, 2.05) is 19.1 Å². The summed E-state index contributed by atoms with van der Waals surface area (Å²) in [7, 11) is 0. The minimum Gasteiger partial charge on any atom is -0.486 e. The average Bonchev–Trinajstić information content (AvgIpc) is 3.29. The van der Waals surface area contributed by atoms with E-state index in [0.717, 1.165) is 23.4 Å². The van der Waals surface area contributed by atoms with Crippen molar-refractivity contribution in [2.24, 2.45) is 0 Å². The molecule has 0 saturated carbocycles. The number of aromatic nitrogens is 3. The number of carbonyl (C=O) groups excluding carboxylic acids is 1. The molecule has 0 aliphatic carbocycles. The minimum atomic E-state index is -0.848. The highest BCUT2D eigenvalue weighted by Gasteiger charge is 2.23. The zero-order valence-electron chi connectivity index (χ0n) is 18.7. The van der Waals surface area contributed by atoms with Crippen LogP contribution in [0.4, 0.5) is 14.5 Å². The Morgan fingerprint density at radius 1 is 1.15 bits per heavy atom. The molecule has 2 aromatic carbocycles. The number of benzene rings is 2. The number of ether oxygens (including phenoxy) is 1. The lowest BCUT2D eigenvalue weighted by molar-refractivity contribution is 0.101. The van der Waals surface area contributed by atoms with Gasteiger partial charge in [-0.15, -0.1) is 0 Å². The van der Waals surface area contributed by atoms with E-state index in [1.165, 1.54) is 6.07 Å². The number of aryl methyl sites for hydroxylation is 2. The maximum absolute atomic E-state index is 13.9. The number of nitrogens with zero attached hydrogens (tertiary/aromatic N) is 3. The van der Waals surface area contributed by atoms with E-state index in [0.29, 0.717) is 34.3 Å². The summed E-state index contributed by atoms with van der Waals surface area (Å²) in [6.45, 7) is 5.57. The van der Waals surface area contributed by atoms with Gasteiger partial charge in [-0.1, -0.05) is 28.9 Å². The van der Waals surface area contributed by atoms with Gasteiger partial charge in [-0.05, 0) is 50.6 Å². The van der Waals surface area contributed by atoms with Gasteiger partial charge in [-0.3, -0.25) is 9.48 Å². The van der Waals surface area contributed by atoms with Gasteiger partial charge in [-0.2, -0.15) is 5.10 Å². The fourth-order valence-corrected chi connectivity index (χ4v) is 3.57. The number of amides is 1. The second-order valence-electron chi connectivity index (χ2n) is 7.71. The molecular formula is C24H21ClF2N4O3. The molecular weight excluding hydrogens is 466 g/mol. The Balaban J connectivity index is 1.51. The molecule has 7 nitrogen and oxygen atoms in total. The zero-order chi connectivity index (χ0) is 24.4. The summed E-state index contributed by atoms with van der Waals surface area (Å²) >= 11 is 5.95. The number of rotatable bonds is 7. The van der Waals surface area contributed by atoms with Crippen LogP contribution in [-0.4, -0.2) is 20.8 Å². The Kier molecular flexibility index (Phi) is 6.65. The molecule has 2 aromatic heterocycles. The van der Waals surface area contributed by atoms with Crippen LogP contribution in [-0.2, 0) is 13.2 Å². The van der Waals surface area contributed by atoms with Crippen molar-refractivity contribution in [3.8, 4) is 5.75 Å². The standard InChI is InChI=1S/C24H21ClF2N4O3/c1-13-22(14(2)31(29-13)11-16-4-6-17(25)7-5-16)28-24(32)23-19(15(3)34-30-23)12-33-21-9-8-18(26)10-20(21)27/h4-10H,11-12H2,1-3H3,(H,28,32). The van der Waals surface area contributed by atoms with E-state index in [9.17, 15) is 13.6 Å². The van der Waals surface area contributed by atoms with Crippen LogP contribution in [0, 0.1) is 32.4 Å². The van der Waals surface area contributed by atoms with Crippen LogP contribution in [0.15, 0.2) is 47.0 Å². The van der Waals surface area contributed by atoms with E-state index in [-0.39, 0.29) is 18.1 Å². The van der Waals surface area contributed by atoms with E-state index < -0.39 is 17.5 Å². The first-order valence-corrected chi connectivity index (χ1v) is 10.7. The maximum Gasteiger partial charge on any atom is 0.278 e. The highest BCUT2D eigenvalue weighted by molar-refractivity contribution is 6.30. The molecule has 0 bridgehead atoms. The number of hydrogen-bond acceptors (Lipinski definition) is 5. The van der Waals surface area contributed by atoms with Gasteiger partial charge in [0.15, 0.2) is 17.3 Å². The van der Waals surface area contributed by atoms with Gasteiger partial charge < -0.3 is 14.6 Å². The van der Waals surface area contributed by atoms with Crippen molar-refractivity contribution in [2.45, 2.75) is 33.9 Å². The first kappa shape index (κ1) is 23.4. The smallest absolute Gasteiger partial charge is 0.278 e. The molecule has 0 unspecified atom stereocenters. The van der Waals surface area contributed by atoms with Gasteiger partial charge >= 0.3 is 0 Å². The van der Waals surface area contributed by atoms with Crippen molar-refractivity contribution in [3.63, 3.8) is 0 Å². The second kappa shape index (κ2) is 9.64. The fourth-order valence-electron chi connectivity index (χ4n) is 3.45. The van der Waals surface area contributed by atoms with Gasteiger partial charge in [-0.25, -0.2) is 8.78 Å². The van der Waals surface area contributed by atoms with Crippen LogP contribution in [0.25, 0.3) is 0 Å². The second-order valence-corrected chi connectivity index (χ2v) is 8.15. The molecule has 0 aliphatic rings. The SMILES string of the molecule is Cc1nn(Cc2ccc(Cl)cc2)c(C)c1NC(=O)c1noc(C)c1COc1ccc(F)cc1F. The molecule has 0 spiro atoms. The first-order valence-electron chi connectivity index (χ1n) is 10.4. The molecule has 0 radical (unpaired) electrons. The van der Waals surface area contributed by atoms with Crippen LogP contribution in [0.2, 0.25) is 5.02 Å². The maximum atomic E-state index is 13.9. The highest BCUT2D eigenvalue weighted by atomic mass is 35.5. The van der Waals surface area contributed by atoms with Crippen molar-refractivity contribution in [1.82, 2.24) is 14.9 Å². The number of hydrogen-bond donors (Lipinski definition) is 1. The summed E-state index contributed by atoms with van der Waals surface area (Å²) in [5.41, 5.74) is 3.30. The van der Waals surface area contributed by atoms with Crippen LogP contribution in [0.5, 0.6) is 5.75 Å². The summed E-state index contributed by atoms with van der Waals surface area (Å²) in [6.07, 6.45) is 0. The fraction of sp³-hybridized carbons (Fsp3) is 0.208. The Morgan fingerprint density at radius 3 is 2.59 bits per heavy atom. The predicted molar refractivity (Wildman–Crippen MR) is 122 cm³/mol. The third kappa shape index (κ3) is 4.94. The molecule has 0 aliphatic heterocycles.